The van der Waals surface area contributed by atoms with Gasteiger partial charge in [-0.25, -0.2) is 0 Å². The molecule has 1 heterocycles. The lowest BCUT2D eigenvalue weighted by Gasteiger charge is -1.88. The lowest BCUT2D eigenvalue weighted by molar-refractivity contribution is -0.138. The lowest BCUT2D eigenvalue weighted by atomic mass is 10.2. The van der Waals surface area contributed by atoms with E-state index in [0.717, 1.165) is 10.2 Å². The summed E-state index contributed by atoms with van der Waals surface area (Å²) in [6, 6.07) is 1.83. The standard InChI is InChI=1S/C8H7BrO3/c9-4-1-7(12-3-4)5-2-6(5)8(10)11/h1,3,5-6H,2H2,(H,10,11)/t5-,6-/m1/s1. The largest absolute Gasteiger partial charge is 0.481 e. The summed E-state index contributed by atoms with van der Waals surface area (Å²) >= 11 is 3.24. The van der Waals surface area contributed by atoms with Crippen molar-refractivity contribution in [3.8, 4) is 0 Å². The Hall–Kier alpha value is -0.770. The SMILES string of the molecule is O=C(O)[C@@H]1C[C@H]1c1cc(Br)co1. The Bertz CT molecular complexity index is 318. The van der Waals surface area contributed by atoms with Crippen LogP contribution >= 0.6 is 15.9 Å². The minimum absolute atomic E-state index is 0.0915. The molecule has 1 aliphatic rings. The number of furan rings is 1. The first kappa shape index (κ1) is 7.86. The zero-order chi connectivity index (χ0) is 8.72. The summed E-state index contributed by atoms with van der Waals surface area (Å²) < 4.78 is 6.03. The lowest BCUT2D eigenvalue weighted by Crippen LogP contribution is -1.98. The topological polar surface area (TPSA) is 50.4 Å². The fourth-order valence-corrected chi connectivity index (χ4v) is 1.62. The average molecular weight is 231 g/mol. The van der Waals surface area contributed by atoms with Crippen molar-refractivity contribution < 1.29 is 14.3 Å². The first-order chi connectivity index (χ1) is 5.68. The highest BCUT2D eigenvalue weighted by Gasteiger charge is 2.46. The van der Waals surface area contributed by atoms with Crippen molar-refractivity contribution in [3.05, 3.63) is 22.6 Å². The summed E-state index contributed by atoms with van der Waals surface area (Å²) in [7, 11) is 0. The van der Waals surface area contributed by atoms with Crippen LogP contribution in [0.15, 0.2) is 21.2 Å². The Morgan fingerprint density at radius 3 is 2.92 bits per heavy atom. The van der Waals surface area contributed by atoms with E-state index in [4.69, 9.17) is 9.52 Å². The van der Waals surface area contributed by atoms with E-state index in [1.165, 1.54) is 0 Å². The molecule has 1 aromatic heterocycles. The Balaban J connectivity index is 2.10. The van der Waals surface area contributed by atoms with Crippen LogP contribution in [-0.4, -0.2) is 11.1 Å². The summed E-state index contributed by atoms with van der Waals surface area (Å²) in [6.07, 6.45) is 2.28. The van der Waals surface area contributed by atoms with Crippen LogP contribution in [-0.2, 0) is 4.79 Å². The summed E-state index contributed by atoms with van der Waals surface area (Å²) in [5.41, 5.74) is 0. The predicted molar refractivity (Wildman–Crippen MR) is 44.9 cm³/mol. The average Bonchev–Trinajstić information content (AvgIpc) is 2.70. The van der Waals surface area contributed by atoms with E-state index >= 15 is 0 Å². The molecule has 1 saturated carbocycles. The minimum atomic E-state index is -0.729. The van der Waals surface area contributed by atoms with Crippen LogP contribution in [0.2, 0.25) is 0 Å². The smallest absolute Gasteiger partial charge is 0.307 e. The van der Waals surface area contributed by atoms with E-state index in [0.29, 0.717) is 6.42 Å². The second-order valence-corrected chi connectivity index (χ2v) is 3.87. The van der Waals surface area contributed by atoms with Gasteiger partial charge in [0.15, 0.2) is 0 Å². The van der Waals surface area contributed by atoms with Crippen LogP contribution in [0.3, 0.4) is 0 Å². The third-order valence-corrected chi connectivity index (χ3v) is 2.48. The third-order valence-electron chi connectivity index (χ3n) is 2.06. The maximum Gasteiger partial charge on any atom is 0.307 e. The second-order valence-electron chi connectivity index (χ2n) is 2.95. The molecule has 1 fully saturated rings. The van der Waals surface area contributed by atoms with Gasteiger partial charge in [0.1, 0.15) is 12.0 Å². The van der Waals surface area contributed by atoms with E-state index in [2.05, 4.69) is 15.9 Å². The van der Waals surface area contributed by atoms with Gasteiger partial charge in [0.25, 0.3) is 0 Å². The zero-order valence-corrected chi connectivity index (χ0v) is 7.74. The molecule has 0 spiro atoms. The van der Waals surface area contributed by atoms with Gasteiger partial charge in [-0.3, -0.25) is 4.79 Å². The fourth-order valence-electron chi connectivity index (χ4n) is 1.31. The Kier molecular flexibility index (Phi) is 1.72. The number of halogens is 1. The Morgan fingerprint density at radius 1 is 1.75 bits per heavy atom. The molecule has 0 radical (unpaired) electrons. The maximum absolute atomic E-state index is 10.5. The van der Waals surface area contributed by atoms with E-state index in [9.17, 15) is 4.79 Å². The highest BCUT2D eigenvalue weighted by molar-refractivity contribution is 9.10. The van der Waals surface area contributed by atoms with Crippen LogP contribution in [0.4, 0.5) is 0 Å². The predicted octanol–water partition coefficient (Wildman–Crippen LogP) is 2.23. The molecule has 0 aliphatic heterocycles. The maximum atomic E-state index is 10.5. The van der Waals surface area contributed by atoms with Crippen molar-refractivity contribution in [2.75, 3.05) is 0 Å². The molecule has 2 atom stereocenters. The molecule has 2 rings (SSSR count). The minimum Gasteiger partial charge on any atom is -0.481 e. The summed E-state index contributed by atoms with van der Waals surface area (Å²) in [4.78, 5) is 10.5. The van der Waals surface area contributed by atoms with Crippen molar-refractivity contribution >= 4 is 21.9 Å². The molecule has 0 amide bonds. The van der Waals surface area contributed by atoms with Gasteiger partial charge in [-0.05, 0) is 28.4 Å². The monoisotopic (exact) mass is 230 g/mol. The summed E-state index contributed by atoms with van der Waals surface area (Å²) in [6.45, 7) is 0. The van der Waals surface area contributed by atoms with Crippen LogP contribution < -0.4 is 0 Å². The van der Waals surface area contributed by atoms with Crippen LogP contribution in [0.5, 0.6) is 0 Å². The molecule has 1 N–H and O–H groups in total. The molecule has 1 aromatic rings. The van der Waals surface area contributed by atoms with Gasteiger partial charge in [0, 0.05) is 5.92 Å². The van der Waals surface area contributed by atoms with Crippen molar-refractivity contribution in [1.82, 2.24) is 0 Å². The molecular formula is C8H7BrO3. The van der Waals surface area contributed by atoms with Gasteiger partial charge in [-0.15, -0.1) is 0 Å². The number of hydrogen-bond donors (Lipinski definition) is 1. The van der Waals surface area contributed by atoms with E-state index in [1.807, 2.05) is 6.07 Å². The van der Waals surface area contributed by atoms with Crippen molar-refractivity contribution in [2.45, 2.75) is 12.3 Å². The van der Waals surface area contributed by atoms with Crippen LogP contribution in [0.1, 0.15) is 18.1 Å². The van der Waals surface area contributed by atoms with Crippen molar-refractivity contribution in [1.29, 1.82) is 0 Å². The van der Waals surface area contributed by atoms with Crippen molar-refractivity contribution in [3.63, 3.8) is 0 Å². The Labute approximate surface area is 77.5 Å². The molecule has 0 bridgehead atoms. The number of carboxylic acids is 1. The fraction of sp³-hybridized carbons (Fsp3) is 0.375. The summed E-state index contributed by atoms with van der Waals surface area (Å²) in [5.74, 6) is -0.0985. The molecule has 3 nitrogen and oxygen atoms in total. The molecule has 4 heteroatoms. The van der Waals surface area contributed by atoms with E-state index in [1.54, 1.807) is 6.26 Å². The van der Waals surface area contributed by atoms with Crippen LogP contribution in [0, 0.1) is 5.92 Å². The van der Waals surface area contributed by atoms with Crippen molar-refractivity contribution in [2.24, 2.45) is 5.92 Å². The molecule has 12 heavy (non-hydrogen) atoms. The quantitative estimate of drug-likeness (QED) is 0.848. The van der Waals surface area contributed by atoms with Gasteiger partial charge in [0.2, 0.25) is 0 Å². The summed E-state index contributed by atoms with van der Waals surface area (Å²) in [5, 5.41) is 8.64. The van der Waals surface area contributed by atoms with E-state index in [-0.39, 0.29) is 11.8 Å². The molecule has 0 unspecified atom stereocenters. The number of carboxylic acid groups (broad SMARTS) is 1. The normalized spacial score (nSPS) is 27.1. The van der Waals surface area contributed by atoms with E-state index < -0.39 is 5.97 Å². The molecular weight excluding hydrogens is 224 g/mol. The third kappa shape index (κ3) is 1.27. The number of carbonyl (C=O) groups is 1. The number of rotatable bonds is 2. The van der Waals surface area contributed by atoms with Crippen LogP contribution in [0.25, 0.3) is 0 Å². The van der Waals surface area contributed by atoms with Gasteiger partial charge in [0.05, 0.1) is 10.4 Å². The first-order valence-corrected chi connectivity index (χ1v) is 4.44. The number of hydrogen-bond acceptors (Lipinski definition) is 2. The zero-order valence-electron chi connectivity index (χ0n) is 6.16. The van der Waals surface area contributed by atoms with Gasteiger partial charge >= 0.3 is 5.97 Å². The van der Waals surface area contributed by atoms with Gasteiger partial charge in [-0.2, -0.15) is 0 Å². The highest BCUT2D eigenvalue weighted by atomic mass is 79.9. The first-order valence-electron chi connectivity index (χ1n) is 3.65. The molecule has 0 aromatic carbocycles. The molecule has 1 aliphatic carbocycles. The number of aliphatic carboxylic acids is 1. The van der Waals surface area contributed by atoms with Gasteiger partial charge in [-0.1, -0.05) is 0 Å². The Morgan fingerprint density at radius 2 is 2.50 bits per heavy atom. The molecule has 64 valence electrons. The highest BCUT2D eigenvalue weighted by Crippen LogP contribution is 2.48. The second kappa shape index (κ2) is 2.62. The molecule has 0 saturated heterocycles. The van der Waals surface area contributed by atoms with Gasteiger partial charge < -0.3 is 9.52 Å².